The minimum Gasteiger partial charge on any atom is -0.493 e. The highest BCUT2D eigenvalue weighted by atomic mass is 16.5. The summed E-state index contributed by atoms with van der Waals surface area (Å²) in [6, 6.07) is 13.5. The zero-order valence-electron chi connectivity index (χ0n) is 15.6. The van der Waals surface area contributed by atoms with Crippen LogP contribution in [-0.4, -0.2) is 19.1 Å². The van der Waals surface area contributed by atoms with E-state index in [2.05, 4.69) is 37.4 Å². The molecule has 2 atom stereocenters. The second-order valence-corrected chi connectivity index (χ2v) is 6.26. The van der Waals surface area contributed by atoms with Crippen LogP contribution in [0, 0.1) is 13.8 Å². The van der Waals surface area contributed by atoms with E-state index in [0.29, 0.717) is 17.9 Å². The second kappa shape index (κ2) is 8.56. The predicted molar refractivity (Wildman–Crippen MR) is 100 cm³/mol. The zero-order valence-corrected chi connectivity index (χ0v) is 15.6. The van der Waals surface area contributed by atoms with Gasteiger partial charge in [-0.25, -0.2) is 0 Å². The fourth-order valence-electron chi connectivity index (χ4n) is 2.80. The third-order valence-corrected chi connectivity index (χ3v) is 4.26. The van der Waals surface area contributed by atoms with Gasteiger partial charge in [-0.2, -0.15) is 0 Å². The highest BCUT2D eigenvalue weighted by Crippen LogP contribution is 2.27. The van der Waals surface area contributed by atoms with Crippen LogP contribution in [0.4, 0.5) is 0 Å². The van der Waals surface area contributed by atoms with Crippen LogP contribution in [0.25, 0.3) is 0 Å². The molecule has 0 aliphatic heterocycles. The molecule has 25 heavy (non-hydrogen) atoms. The van der Waals surface area contributed by atoms with Crippen LogP contribution in [0.2, 0.25) is 0 Å². The van der Waals surface area contributed by atoms with Crippen LogP contribution >= 0.6 is 0 Å². The van der Waals surface area contributed by atoms with Gasteiger partial charge in [-0.05, 0) is 50.5 Å². The third-order valence-electron chi connectivity index (χ3n) is 4.26. The van der Waals surface area contributed by atoms with Crippen LogP contribution in [0.15, 0.2) is 42.5 Å². The molecule has 0 heterocycles. The van der Waals surface area contributed by atoms with Crippen molar-refractivity contribution in [1.82, 2.24) is 5.32 Å². The average molecular weight is 341 g/mol. The summed E-state index contributed by atoms with van der Waals surface area (Å²) in [5.74, 6) is 1.07. The highest BCUT2D eigenvalue weighted by Gasteiger charge is 2.22. The van der Waals surface area contributed by atoms with Gasteiger partial charge >= 0.3 is 0 Å². The summed E-state index contributed by atoms with van der Waals surface area (Å²) in [4.78, 5) is 12.7. The summed E-state index contributed by atoms with van der Waals surface area (Å²) in [6.07, 6.45) is 0.00695. The average Bonchev–Trinajstić information content (AvgIpc) is 2.61. The molecule has 0 aromatic heterocycles. The maximum atomic E-state index is 12.7. The zero-order chi connectivity index (χ0) is 18.4. The number of carbonyl (C=O) groups excluding carboxylic acids is 1. The molecule has 0 aliphatic rings. The normalized spacial score (nSPS) is 13.0. The van der Waals surface area contributed by atoms with Crippen molar-refractivity contribution in [3.63, 3.8) is 0 Å². The molecule has 0 saturated carbocycles. The van der Waals surface area contributed by atoms with E-state index in [0.717, 1.165) is 11.1 Å². The molecule has 2 rings (SSSR count). The molecule has 134 valence electrons. The van der Waals surface area contributed by atoms with E-state index < -0.39 is 6.10 Å². The van der Waals surface area contributed by atoms with Crippen LogP contribution in [0.1, 0.15) is 43.0 Å². The monoisotopic (exact) mass is 341 g/mol. The Morgan fingerprint density at radius 3 is 2.44 bits per heavy atom. The van der Waals surface area contributed by atoms with Gasteiger partial charge in [0.2, 0.25) is 0 Å². The first-order valence-corrected chi connectivity index (χ1v) is 8.63. The van der Waals surface area contributed by atoms with Crippen LogP contribution in [-0.2, 0) is 4.79 Å². The minimum absolute atomic E-state index is 0.0808. The van der Waals surface area contributed by atoms with Crippen molar-refractivity contribution in [1.29, 1.82) is 0 Å². The molecule has 0 saturated heterocycles. The Balaban J connectivity index is 2.10. The minimum atomic E-state index is -0.566. The number of hydrogen-bond donors (Lipinski definition) is 1. The lowest BCUT2D eigenvalue weighted by Crippen LogP contribution is -2.39. The molecule has 2 aromatic carbocycles. The van der Waals surface area contributed by atoms with E-state index in [9.17, 15) is 4.79 Å². The van der Waals surface area contributed by atoms with E-state index in [-0.39, 0.29) is 11.9 Å². The molecule has 0 bridgehead atoms. The Morgan fingerprint density at radius 2 is 1.80 bits per heavy atom. The van der Waals surface area contributed by atoms with Crippen molar-refractivity contribution in [3.8, 4) is 11.5 Å². The summed E-state index contributed by atoms with van der Waals surface area (Å²) in [7, 11) is 1.59. The molecule has 0 fully saturated rings. The van der Waals surface area contributed by atoms with Crippen molar-refractivity contribution >= 4 is 5.91 Å². The van der Waals surface area contributed by atoms with Crippen molar-refractivity contribution in [2.45, 2.75) is 46.3 Å². The van der Waals surface area contributed by atoms with Gasteiger partial charge < -0.3 is 14.8 Å². The van der Waals surface area contributed by atoms with E-state index in [1.54, 1.807) is 7.11 Å². The Hall–Kier alpha value is -2.49. The Bertz CT molecular complexity index is 727. The van der Waals surface area contributed by atoms with E-state index in [4.69, 9.17) is 9.47 Å². The predicted octanol–water partition coefficient (Wildman–Crippen LogP) is 4.35. The maximum Gasteiger partial charge on any atom is 0.261 e. The number of methoxy groups -OCH3 is 1. The maximum absolute atomic E-state index is 12.7. The third kappa shape index (κ3) is 4.75. The molecular formula is C21H27NO3. The van der Waals surface area contributed by atoms with Crippen LogP contribution < -0.4 is 14.8 Å². The van der Waals surface area contributed by atoms with Crippen molar-refractivity contribution in [3.05, 3.63) is 59.2 Å². The van der Waals surface area contributed by atoms with Crippen molar-refractivity contribution < 1.29 is 14.3 Å². The summed E-state index contributed by atoms with van der Waals surface area (Å²) in [5.41, 5.74) is 3.47. The number of carbonyl (C=O) groups is 1. The molecule has 1 amide bonds. The van der Waals surface area contributed by atoms with Crippen LogP contribution in [0.5, 0.6) is 11.5 Å². The molecule has 0 spiro atoms. The molecule has 4 heteroatoms. The fourth-order valence-corrected chi connectivity index (χ4v) is 2.80. The highest BCUT2D eigenvalue weighted by molar-refractivity contribution is 5.81. The molecule has 0 aliphatic carbocycles. The first-order valence-electron chi connectivity index (χ1n) is 8.63. The number of para-hydroxylation sites is 2. The lowest BCUT2D eigenvalue weighted by molar-refractivity contribution is -0.128. The van der Waals surface area contributed by atoms with Gasteiger partial charge in [0.1, 0.15) is 0 Å². The summed E-state index contributed by atoms with van der Waals surface area (Å²) in [6.45, 7) is 8.04. The largest absolute Gasteiger partial charge is 0.493 e. The van der Waals surface area contributed by atoms with Gasteiger partial charge in [-0.3, -0.25) is 4.79 Å². The summed E-state index contributed by atoms with van der Waals surface area (Å²) >= 11 is 0. The van der Waals surface area contributed by atoms with Gasteiger partial charge in [0, 0.05) is 0 Å². The molecule has 4 nitrogen and oxygen atoms in total. The van der Waals surface area contributed by atoms with Gasteiger partial charge in [-0.1, -0.05) is 42.8 Å². The lowest BCUT2D eigenvalue weighted by Gasteiger charge is -2.22. The van der Waals surface area contributed by atoms with Gasteiger partial charge in [0.05, 0.1) is 13.2 Å². The topological polar surface area (TPSA) is 47.6 Å². The Labute approximate surface area is 150 Å². The van der Waals surface area contributed by atoms with Crippen LogP contribution in [0.3, 0.4) is 0 Å². The molecule has 0 radical (unpaired) electrons. The van der Waals surface area contributed by atoms with Gasteiger partial charge in [0.15, 0.2) is 17.6 Å². The van der Waals surface area contributed by atoms with E-state index in [1.165, 1.54) is 5.56 Å². The standard InChI is InChI=1S/C21H27NO3/c1-6-18(25-20-10-8-7-9-19(20)24-5)21(23)22-16(4)17-13-14(2)11-12-15(17)3/h7-13,16,18H,6H2,1-5H3,(H,22,23)/t16-,18-/m1/s1. The molecule has 2 aromatic rings. The number of benzene rings is 2. The smallest absolute Gasteiger partial charge is 0.261 e. The number of ether oxygens (including phenoxy) is 2. The molecule has 1 N–H and O–H groups in total. The Morgan fingerprint density at radius 1 is 1.12 bits per heavy atom. The fraction of sp³-hybridized carbons (Fsp3) is 0.381. The number of aryl methyl sites for hydroxylation is 2. The number of nitrogens with one attached hydrogen (secondary N) is 1. The Kier molecular flexibility index (Phi) is 6.45. The van der Waals surface area contributed by atoms with Crippen molar-refractivity contribution in [2.24, 2.45) is 0 Å². The quantitative estimate of drug-likeness (QED) is 0.814. The van der Waals surface area contributed by atoms with E-state index in [1.807, 2.05) is 38.1 Å². The first-order chi connectivity index (χ1) is 12.0. The van der Waals surface area contributed by atoms with Crippen molar-refractivity contribution in [2.75, 3.05) is 7.11 Å². The summed E-state index contributed by atoms with van der Waals surface area (Å²) in [5, 5.41) is 3.07. The number of amides is 1. The molecular weight excluding hydrogens is 314 g/mol. The SMILES string of the molecule is CC[C@@H](Oc1ccccc1OC)C(=O)N[C@H](C)c1cc(C)ccc1C. The van der Waals surface area contributed by atoms with Gasteiger partial charge in [-0.15, -0.1) is 0 Å². The second-order valence-electron chi connectivity index (χ2n) is 6.26. The van der Waals surface area contributed by atoms with E-state index >= 15 is 0 Å². The lowest BCUT2D eigenvalue weighted by atomic mass is 10.00. The first kappa shape index (κ1) is 18.8. The number of hydrogen-bond acceptors (Lipinski definition) is 3. The number of rotatable bonds is 7. The molecule has 0 unspecified atom stereocenters. The van der Waals surface area contributed by atoms with Gasteiger partial charge in [0.25, 0.3) is 5.91 Å². The summed E-state index contributed by atoms with van der Waals surface area (Å²) < 4.78 is 11.2.